The number of aliphatic carboxylic acids is 1. The highest BCUT2D eigenvalue weighted by Gasteiger charge is 2.30. The third kappa shape index (κ3) is 5.51. The first-order chi connectivity index (χ1) is 17.0. The largest absolute Gasteiger partial charge is 0.481 e. The molecular formula is C28H28N2O5. The number of hydrogen-bond donors (Lipinski definition) is 3. The van der Waals surface area contributed by atoms with Crippen LogP contribution in [0.2, 0.25) is 0 Å². The van der Waals surface area contributed by atoms with Crippen LogP contribution in [-0.4, -0.2) is 35.7 Å². The Kier molecular flexibility index (Phi) is 7.45. The predicted molar refractivity (Wildman–Crippen MR) is 132 cm³/mol. The van der Waals surface area contributed by atoms with Crippen LogP contribution in [0.15, 0.2) is 78.9 Å². The molecule has 0 bridgehead atoms. The zero-order valence-corrected chi connectivity index (χ0v) is 19.4. The Bertz CT molecular complexity index is 1170. The average Bonchev–Trinajstić information content (AvgIpc) is 3.19. The highest BCUT2D eigenvalue weighted by atomic mass is 16.5. The third-order valence-electron chi connectivity index (χ3n) is 6.26. The van der Waals surface area contributed by atoms with Crippen LogP contribution < -0.4 is 10.6 Å². The topological polar surface area (TPSA) is 105 Å². The maximum Gasteiger partial charge on any atom is 0.408 e. The van der Waals surface area contributed by atoms with Crippen LogP contribution in [0, 0.1) is 0 Å². The van der Waals surface area contributed by atoms with E-state index in [1.165, 1.54) is 0 Å². The molecular weight excluding hydrogens is 444 g/mol. The smallest absolute Gasteiger partial charge is 0.408 e. The average molecular weight is 473 g/mol. The van der Waals surface area contributed by atoms with Crippen molar-refractivity contribution in [2.45, 2.75) is 37.8 Å². The number of fused-ring (bicyclic) bond motifs is 3. The van der Waals surface area contributed by atoms with Gasteiger partial charge in [-0.2, -0.15) is 0 Å². The van der Waals surface area contributed by atoms with Crippen molar-refractivity contribution in [1.82, 2.24) is 10.6 Å². The van der Waals surface area contributed by atoms with Gasteiger partial charge in [-0.25, -0.2) is 4.79 Å². The molecule has 35 heavy (non-hydrogen) atoms. The van der Waals surface area contributed by atoms with Gasteiger partial charge in [-0.05, 0) is 34.2 Å². The Morgan fingerprint density at radius 1 is 0.857 bits per heavy atom. The van der Waals surface area contributed by atoms with E-state index in [-0.39, 0.29) is 18.9 Å². The molecule has 0 saturated heterocycles. The molecule has 0 radical (unpaired) electrons. The third-order valence-corrected chi connectivity index (χ3v) is 6.26. The molecule has 0 saturated carbocycles. The molecule has 3 aromatic carbocycles. The van der Waals surface area contributed by atoms with Gasteiger partial charge >= 0.3 is 12.1 Å². The number of amides is 2. The van der Waals surface area contributed by atoms with E-state index in [0.717, 1.165) is 22.3 Å². The molecule has 1 unspecified atom stereocenters. The molecule has 0 aromatic heterocycles. The van der Waals surface area contributed by atoms with E-state index in [0.29, 0.717) is 12.0 Å². The zero-order valence-electron chi connectivity index (χ0n) is 19.4. The van der Waals surface area contributed by atoms with E-state index < -0.39 is 30.1 Å². The van der Waals surface area contributed by atoms with Gasteiger partial charge in [0, 0.05) is 12.0 Å². The SMILES string of the molecule is CC[C@H](CC(=O)O)NC(=O)C(NC(=O)OCC1c2ccccc2-c2ccccc21)c1ccccc1. The number of nitrogens with one attached hydrogen (secondary N) is 2. The summed E-state index contributed by atoms with van der Waals surface area (Å²) in [5.74, 6) is -1.59. The van der Waals surface area contributed by atoms with Crippen LogP contribution in [0.1, 0.15) is 48.4 Å². The van der Waals surface area contributed by atoms with Crippen molar-refractivity contribution in [3.8, 4) is 11.1 Å². The fraction of sp³-hybridized carbons (Fsp3) is 0.250. The molecule has 4 rings (SSSR count). The second-order valence-corrected chi connectivity index (χ2v) is 8.53. The molecule has 2 amide bonds. The van der Waals surface area contributed by atoms with Crippen LogP contribution in [0.3, 0.4) is 0 Å². The number of carboxylic acids is 1. The molecule has 0 heterocycles. The van der Waals surface area contributed by atoms with Gasteiger partial charge in [-0.15, -0.1) is 0 Å². The first kappa shape index (κ1) is 24.0. The number of ether oxygens (including phenoxy) is 1. The minimum absolute atomic E-state index is 0.0998. The molecule has 1 aliphatic rings. The summed E-state index contributed by atoms with van der Waals surface area (Å²) >= 11 is 0. The van der Waals surface area contributed by atoms with Crippen LogP contribution in [0.25, 0.3) is 11.1 Å². The van der Waals surface area contributed by atoms with Crippen molar-refractivity contribution in [1.29, 1.82) is 0 Å². The summed E-state index contributed by atoms with van der Waals surface area (Å²) < 4.78 is 5.61. The maximum atomic E-state index is 13.0. The summed E-state index contributed by atoms with van der Waals surface area (Å²) in [7, 11) is 0. The summed E-state index contributed by atoms with van der Waals surface area (Å²) in [4.78, 5) is 37.0. The Balaban J connectivity index is 1.47. The van der Waals surface area contributed by atoms with Gasteiger partial charge < -0.3 is 20.5 Å². The Morgan fingerprint density at radius 3 is 2.00 bits per heavy atom. The minimum Gasteiger partial charge on any atom is -0.481 e. The molecule has 3 aromatic rings. The van der Waals surface area contributed by atoms with Crippen molar-refractivity contribution in [3.05, 3.63) is 95.6 Å². The second kappa shape index (κ2) is 10.9. The van der Waals surface area contributed by atoms with Gasteiger partial charge in [0.15, 0.2) is 0 Å². The summed E-state index contributed by atoms with van der Waals surface area (Å²) in [5, 5.41) is 14.5. The van der Waals surface area contributed by atoms with E-state index in [2.05, 4.69) is 22.8 Å². The molecule has 0 spiro atoms. The van der Waals surface area contributed by atoms with Gasteiger partial charge in [0.2, 0.25) is 5.91 Å². The number of benzene rings is 3. The van der Waals surface area contributed by atoms with E-state index >= 15 is 0 Å². The summed E-state index contributed by atoms with van der Waals surface area (Å²) in [6, 6.07) is 23.3. The van der Waals surface area contributed by atoms with E-state index in [9.17, 15) is 14.4 Å². The second-order valence-electron chi connectivity index (χ2n) is 8.53. The number of hydrogen-bond acceptors (Lipinski definition) is 4. The van der Waals surface area contributed by atoms with Crippen molar-refractivity contribution >= 4 is 18.0 Å². The quantitative estimate of drug-likeness (QED) is 0.421. The molecule has 0 aliphatic heterocycles. The summed E-state index contributed by atoms with van der Waals surface area (Å²) in [5.41, 5.74) is 5.02. The maximum absolute atomic E-state index is 13.0. The van der Waals surface area contributed by atoms with Gasteiger partial charge in [0.05, 0.1) is 6.42 Å². The number of carbonyl (C=O) groups is 3. The van der Waals surface area contributed by atoms with Crippen LogP contribution in [-0.2, 0) is 14.3 Å². The monoisotopic (exact) mass is 472 g/mol. The fourth-order valence-electron chi connectivity index (χ4n) is 4.50. The van der Waals surface area contributed by atoms with Crippen molar-refractivity contribution in [3.63, 3.8) is 0 Å². The predicted octanol–water partition coefficient (Wildman–Crippen LogP) is 4.64. The number of rotatable bonds is 9. The van der Waals surface area contributed by atoms with Gasteiger partial charge in [-0.1, -0.05) is 85.8 Å². The fourth-order valence-corrected chi connectivity index (χ4v) is 4.50. The van der Waals surface area contributed by atoms with Crippen LogP contribution >= 0.6 is 0 Å². The van der Waals surface area contributed by atoms with Gasteiger partial charge in [-0.3, -0.25) is 9.59 Å². The normalized spacial score (nSPS) is 13.7. The molecule has 180 valence electrons. The van der Waals surface area contributed by atoms with Crippen molar-refractivity contribution in [2.75, 3.05) is 6.61 Å². The first-order valence-electron chi connectivity index (χ1n) is 11.7. The molecule has 1 aliphatic carbocycles. The lowest BCUT2D eigenvalue weighted by atomic mass is 9.98. The van der Waals surface area contributed by atoms with Crippen molar-refractivity contribution < 1.29 is 24.2 Å². The molecule has 0 fully saturated rings. The first-order valence-corrected chi connectivity index (χ1v) is 11.7. The zero-order chi connectivity index (χ0) is 24.8. The minimum atomic E-state index is -1.02. The van der Waals surface area contributed by atoms with Gasteiger partial charge in [0.25, 0.3) is 0 Å². The van der Waals surface area contributed by atoms with E-state index in [4.69, 9.17) is 9.84 Å². The summed E-state index contributed by atoms with van der Waals surface area (Å²) in [6.45, 7) is 1.92. The molecule has 7 nitrogen and oxygen atoms in total. The Morgan fingerprint density at radius 2 is 1.43 bits per heavy atom. The highest BCUT2D eigenvalue weighted by Crippen LogP contribution is 2.44. The lowest BCUT2D eigenvalue weighted by molar-refractivity contribution is -0.137. The lowest BCUT2D eigenvalue weighted by Gasteiger charge is -2.23. The molecule has 7 heteroatoms. The van der Waals surface area contributed by atoms with E-state index in [1.54, 1.807) is 31.2 Å². The van der Waals surface area contributed by atoms with Gasteiger partial charge in [0.1, 0.15) is 12.6 Å². The lowest BCUT2D eigenvalue weighted by Crippen LogP contribution is -2.45. The summed E-state index contributed by atoms with van der Waals surface area (Å²) in [6.07, 6.45) is -0.471. The molecule has 2 atom stereocenters. The van der Waals surface area contributed by atoms with Crippen LogP contribution in [0.4, 0.5) is 4.79 Å². The molecule has 3 N–H and O–H groups in total. The number of carbonyl (C=O) groups excluding carboxylic acids is 2. The van der Waals surface area contributed by atoms with E-state index in [1.807, 2.05) is 42.5 Å². The number of carboxylic acid groups (broad SMARTS) is 1. The Labute approximate surface area is 204 Å². The standard InChI is InChI=1S/C28H28N2O5/c1-2-19(16-25(31)32)29-27(33)26(18-10-4-3-5-11-18)30-28(34)35-17-24-22-14-8-6-12-20(22)21-13-7-9-15-23(21)24/h3-15,19,24,26H,2,16-17H2,1H3,(H,29,33)(H,30,34)(H,31,32)/t19-,26?/m1/s1. The van der Waals surface area contributed by atoms with Crippen LogP contribution in [0.5, 0.6) is 0 Å². The number of alkyl carbamates (subject to hydrolysis) is 1. The Hall–Kier alpha value is -4.13. The highest BCUT2D eigenvalue weighted by molar-refractivity contribution is 5.87. The van der Waals surface area contributed by atoms with Crippen molar-refractivity contribution in [2.24, 2.45) is 0 Å².